The lowest BCUT2D eigenvalue weighted by Gasteiger charge is -2.32. The molecule has 0 radical (unpaired) electrons. The number of piperidine rings is 1. The van der Waals surface area contributed by atoms with Crippen LogP contribution in [0.2, 0.25) is 5.02 Å². The van der Waals surface area contributed by atoms with Crippen LogP contribution in [0.25, 0.3) is 11.0 Å². The van der Waals surface area contributed by atoms with E-state index in [0.717, 1.165) is 40.7 Å². The van der Waals surface area contributed by atoms with Crippen molar-refractivity contribution in [3.63, 3.8) is 0 Å². The molecule has 3 aromatic rings. The van der Waals surface area contributed by atoms with Gasteiger partial charge in [0.15, 0.2) is 0 Å². The monoisotopic (exact) mass is 417 g/mol. The lowest BCUT2D eigenvalue weighted by atomic mass is 9.96. The van der Waals surface area contributed by atoms with E-state index in [1.807, 2.05) is 35.2 Å². The Kier molecular flexibility index (Phi) is 4.52. The van der Waals surface area contributed by atoms with Crippen LogP contribution in [-0.2, 0) is 0 Å². The first-order valence-corrected chi connectivity index (χ1v) is 9.48. The molecule has 4 nitrogen and oxygen atoms in total. The highest BCUT2D eigenvalue weighted by Crippen LogP contribution is 2.29. The Morgan fingerprint density at radius 1 is 1.28 bits per heavy atom. The first kappa shape index (κ1) is 16.6. The van der Waals surface area contributed by atoms with E-state index in [9.17, 15) is 4.79 Å². The van der Waals surface area contributed by atoms with Crippen LogP contribution in [0.15, 0.2) is 46.9 Å². The highest BCUT2D eigenvalue weighted by Gasteiger charge is 2.28. The number of likely N-dealkylation sites (tertiary alicyclic amines) is 1. The molecule has 6 heteroatoms. The molecule has 0 unspecified atom stereocenters. The van der Waals surface area contributed by atoms with E-state index in [1.165, 1.54) is 0 Å². The van der Waals surface area contributed by atoms with Crippen molar-refractivity contribution in [3.8, 4) is 0 Å². The van der Waals surface area contributed by atoms with Gasteiger partial charge >= 0.3 is 0 Å². The predicted octanol–water partition coefficient (Wildman–Crippen LogP) is 5.00. The maximum atomic E-state index is 12.9. The number of amides is 1. The Bertz CT molecular complexity index is 906. The van der Waals surface area contributed by atoms with Crippen molar-refractivity contribution in [1.29, 1.82) is 0 Å². The number of benzene rings is 2. The van der Waals surface area contributed by atoms with Crippen LogP contribution in [0.1, 0.15) is 34.9 Å². The lowest BCUT2D eigenvalue weighted by molar-refractivity contribution is 0.0705. The number of halogens is 2. The average Bonchev–Trinajstić information content (AvgIpc) is 3.07. The molecular weight excluding hydrogens is 402 g/mol. The van der Waals surface area contributed by atoms with Crippen molar-refractivity contribution in [2.24, 2.45) is 0 Å². The Morgan fingerprint density at radius 3 is 2.96 bits per heavy atom. The number of H-pyrrole nitrogens is 1. The van der Waals surface area contributed by atoms with Gasteiger partial charge in [-0.3, -0.25) is 4.79 Å². The van der Waals surface area contributed by atoms with Gasteiger partial charge in [0.2, 0.25) is 0 Å². The summed E-state index contributed by atoms with van der Waals surface area (Å²) < 4.78 is 0.853. The van der Waals surface area contributed by atoms with Crippen molar-refractivity contribution >= 4 is 44.5 Å². The van der Waals surface area contributed by atoms with E-state index in [4.69, 9.17) is 16.6 Å². The zero-order valence-electron chi connectivity index (χ0n) is 13.5. The van der Waals surface area contributed by atoms with Gasteiger partial charge in [-0.15, -0.1) is 0 Å². The quantitative estimate of drug-likeness (QED) is 0.637. The van der Waals surface area contributed by atoms with E-state index < -0.39 is 0 Å². The number of aromatic amines is 1. The second-order valence-electron chi connectivity index (χ2n) is 6.35. The molecule has 1 atom stereocenters. The summed E-state index contributed by atoms with van der Waals surface area (Å²) >= 11 is 9.64. The van der Waals surface area contributed by atoms with Gasteiger partial charge in [-0.1, -0.05) is 39.7 Å². The van der Waals surface area contributed by atoms with Crippen molar-refractivity contribution in [3.05, 3.63) is 63.3 Å². The second-order valence-corrected chi connectivity index (χ2v) is 7.68. The Labute approximate surface area is 159 Å². The molecule has 0 saturated carbocycles. The van der Waals surface area contributed by atoms with Gasteiger partial charge in [0.1, 0.15) is 5.82 Å². The van der Waals surface area contributed by atoms with Gasteiger partial charge < -0.3 is 9.88 Å². The lowest BCUT2D eigenvalue weighted by Crippen LogP contribution is -2.39. The smallest absolute Gasteiger partial charge is 0.255 e. The van der Waals surface area contributed by atoms with Gasteiger partial charge in [-0.05, 0) is 43.2 Å². The minimum Gasteiger partial charge on any atom is -0.342 e. The maximum absolute atomic E-state index is 12.9. The van der Waals surface area contributed by atoms with Gasteiger partial charge in [-0.2, -0.15) is 0 Å². The fourth-order valence-electron chi connectivity index (χ4n) is 3.38. The molecule has 128 valence electrons. The minimum atomic E-state index is -0.0212. The average molecular weight is 419 g/mol. The number of fused-ring (bicyclic) bond motifs is 1. The molecule has 2 heterocycles. The van der Waals surface area contributed by atoms with Crippen molar-refractivity contribution < 1.29 is 4.79 Å². The molecule has 0 bridgehead atoms. The van der Waals surface area contributed by atoms with Crippen LogP contribution >= 0.6 is 27.5 Å². The van der Waals surface area contributed by atoms with Gasteiger partial charge in [-0.25, -0.2) is 4.98 Å². The summed E-state index contributed by atoms with van der Waals surface area (Å²) in [5, 5.41) is 0.485. The van der Waals surface area contributed by atoms with E-state index in [-0.39, 0.29) is 11.8 Å². The van der Waals surface area contributed by atoms with Crippen LogP contribution in [-0.4, -0.2) is 33.9 Å². The van der Waals surface area contributed by atoms with E-state index in [1.54, 1.807) is 12.1 Å². The normalized spacial score (nSPS) is 17.8. The molecule has 0 aliphatic carbocycles. The van der Waals surface area contributed by atoms with E-state index in [2.05, 4.69) is 20.9 Å². The van der Waals surface area contributed by atoms with Gasteiger partial charge in [0, 0.05) is 23.5 Å². The topological polar surface area (TPSA) is 49.0 Å². The standard InChI is InChI=1S/C19H17BrClN3O/c20-13-7-8-15(21)14(10-13)19(25)24-9-3-4-12(11-24)18-22-16-5-1-2-6-17(16)23-18/h1-2,5-8,10,12H,3-4,9,11H2,(H,22,23)/t12-/m0/s1. The second kappa shape index (κ2) is 6.81. The van der Waals surface area contributed by atoms with Crippen molar-refractivity contribution in [2.45, 2.75) is 18.8 Å². The van der Waals surface area contributed by atoms with Crippen molar-refractivity contribution in [2.75, 3.05) is 13.1 Å². The molecule has 1 fully saturated rings. The highest BCUT2D eigenvalue weighted by atomic mass is 79.9. The molecule has 25 heavy (non-hydrogen) atoms. The number of hydrogen-bond donors (Lipinski definition) is 1. The molecule has 1 N–H and O–H groups in total. The van der Waals surface area contributed by atoms with Gasteiger partial charge in [0.25, 0.3) is 5.91 Å². The number of nitrogens with one attached hydrogen (secondary N) is 1. The zero-order valence-corrected chi connectivity index (χ0v) is 15.8. The Balaban J connectivity index is 1.58. The van der Waals surface area contributed by atoms with Crippen LogP contribution in [0.4, 0.5) is 0 Å². The number of aromatic nitrogens is 2. The van der Waals surface area contributed by atoms with Crippen LogP contribution in [0, 0.1) is 0 Å². The first-order chi connectivity index (χ1) is 12.1. The third kappa shape index (κ3) is 3.31. The highest BCUT2D eigenvalue weighted by molar-refractivity contribution is 9.10. The third-order valence-corrected chi connectivity index (χ3v) is 5.48. The maximum Gasteiger partial charge on any atom is 0.255 e. The van der Waals surface area contributed by atoms with Gasteiger partial charge in [0.05, 0.1) is 21.6 Å². The Hall–Kier alpha value is -1.85. The molecule has 4 rings (SSSR count). The van der Waals surface area contributed by atoms with Crippen LogP contribution < -0.4 is 0 Å². The van der Waals surface area contributed by atoms with Crippen molar-refractivity contribution in [1.82, 2.24) is 14.9 Å². The summed E-state index contributed by atoms with van der Waals surface area (Å²) in [5.41, 5.74) is 2.55. The van der Waals surface area contributed by atoms with Crippen LogP contribution in [0.5, 0.6) is 0 Å². The molecule has 2 aromatic carbocycles. The number of carbonyl (C=O) groups excluding carboxylic acids is 1. The molecule has 1 saturated heterocycles. The summed E-state index contributed by atoms with van der Waals surface area (Å²) in [5.74, 6) is 1.15. The number of carbonyl (C=O) groups is 1. The summed E-state index contributed by atoms with van der Waals surface area (Å²) in [7, 11) is 0. The third-order valence-electron chi connectivity index (χ3n) is 4.66. The fraction of sp³-hybridized carbons (Fsp3) is 0.263. The predicted molar refractivity (Wildman–Crippen MR) is 103 cm³/mol. The summed E-state index contributed by atoms with van der Waals surface area (Å²) in [4.78, 5) is 22.9. The molecule has 1 aliphatic heterocycles. The molecule has 1 aromatic heterocycles. The number of imidazole rings is 1. The Morgan fingerprint density at radius 2 is 2.12 bits per heavy atom. The fourth-order valence-corrected chi connectivity index (χ4v) is 3.94. The largest absolute Gasteiger partial charge is 0.342 e. The number of hydrogen-bond acceptors (Lipinski definition) is 2. The molecule has 0 spiro atoms. The number of para-hydroxylation sites is 2. The van der Waals surface area contributed by atoms with E-state index in [0.29, 0.717) is 17.1 Å². The number of rotatable bonds is 2. The molecule has 1 amide bonds. The summed E-state index contributed by atoms with van der Waals surface area (Å²) in [6.45, 7) is 1.40. The minimum absolute atomic E-state index is 0.0212. The number of nitrogens with zero attached hydrogens (tertiary/aromatic N) is 2. The zero-order chi connectivity index (χ0) is 17.4. The van der Waals surface area contributed by atoms with E-state index >= 15 is 0 Å². The SMILES string of the molecule is O=C(c1cc(Br)ccc1Cl)N1CCC[C@H](c2nc3ccccc3[nH]2)C1. The molecular formula is C19H17BrClN3O. The summed E-state index contributed by atoms with van der Waals surface area (Å²) in [6, 6.07) is 13.4. The molecule has 1 aliphatic rings. The summed E-state index contributed by atoms with van der Waals surface area (Å²) in [6.07, 6.45) is 1.98. The first-order valence-electron chi connectivity index (χ1n) is 8.31. The van der Waals surface area contributed by atoms with Crippen LogP contribution in [0.3, 0.4) is 0 Å².